The van der Waals surface area contributed by atoms with Crippen LogP contribution >= 0.6 is 0 Å². The van der Waals surface area contributed by atoms with Crippen LogP contribution in [0.2, 0.25) is 0 Å². The number of nitrogens with zero attached hydrogens (tertiary/aromatic N) is 2. The lowest BCUT2D eigenvalue weighted by Gasteiger charge is -2.13. The molecule has 0 spiro atoms. The number of halogens is 3. The quantitative estimate of drug-likeness (QED) is 0.673. The van der Waals surface area contributed by atoms with Crippen LogP contribution in [0.4, 0.5) is 13.2 Å². The molecule has 1 N–H and O–H groups in total. The van der Waals surface area contributed by atoms with Gasteiger partial charge in [0.25, 0.3) is 0 Å². The highest BCUT2D eigenvalue weighted by molar-refractivity contribution is 4.89. The van der Waals surface area contributed by atoms with E-state index < -0.39 is 12.8 Å². The number of rotatable bonds is 10. The molecule has 1 unspecified atom stereocenters. The molecule has 0 aliphatic heterocycles. The van der Waals surface area contributed by atoms with E-state index in [4.69, 9.17) is 4.52 Å². The van der Waals surface area contributed by atoms with E-state index >= 15 is 0 Å². The average Bonchev–Trinajstić information content (AvgIpc) is 2.86. The molecule has 21 heavy (non-hydrogen) atoms. The molecule has 1 aromatic rings. The van der Waals surface area contributed by atoms with Crippen LogP contribution in [0, 0.1) is 0 Å². The zero-order chi connectivity index (χ0) is 15.7. The topological polar surface area (TPSA) is 60.2 Å². The molecule has 0 bridgehead atoms. The Morgan fingerprint density at radius 3 is 2.71 bits per heavy atom. The Balaban J connectivity index is 2.32. The van der Waals surface area contributed by atoms with E-state index in [1.54, 1.807) is 0 Å². The Hall–Kier alpha value is -1.15. The van der Waals surface area contributed by atoms with Crippen LogP contribution in [0.15, 0.2) is 4.52 Å². The van der Waals surface area contributed by atoms with Gasteiger partial charge in [0.15, 0.2) is 5.82 Å². The van der Waals surface area contributed by atoms with Crippen molar-refractivity contribution in [3.05, 3.63) is 11.7 Å². The molecule has 1 atom stereocenters. The Morgan fingerprint density at radius 1 is 1.33 bits per heavy atom. The van der Waals surface area contributed by atoms with Crippen LogP contribution in [-0.2, 0) is 17.6 Å². The summed E-state index contributed by atoms with van der Waals surface area (Å²) in [5.41, 5.74) is 0. The molecule has 0 aliphatic rings. The SMILES string of the molecule is CCCNC(CC)Cc1nc(CCOCC(F)(F)F)no1. The second kappa shape index (κ2) is 8.99. The van der Waals surface area contributed by atoms with Crippen molar-refractivity contribution in [2.75, 3.05) is 19.8 Å². The maximum absolute atomic E-state index is 11.9. The van der Waals surface area contributed by atoms with E-state index in [1.807, 2.05) is 0 Å². The molecule has 0 fully saturated rings. The third kappa shape index (κ3) is 8.01. The summed E-state index contributed by atoms with van der Waals surface area (Å²) in [6.07, 6.45) is -1.50. The van der Waals surface area contributed by atoms with Crippen molar-refractivity contribution in [1.82, 2.24) is 15.5 Å². The number of aromatic nitrogens is 2. The monoisotopic (exact) mass is 309 g/mol. The summed E-state index contributed by atoms with van der Waals surface area (Å²) in [5, 5.41) is 7.11. The molecule has 0 saturated heterocycles. The van der Waals surface area contributed by atoms with Crippen molar-refractivity contribution in [3.63, 3.8) is 0 Å². The van der Waals surface area contributed by atoms with Crippen molar-refractivity contribution in [2.24, 2.45) is 0 Å². The molecule has 0 radical (unpaired) electrons. The van der Waals surface area contributed by atoms with Crippen molar-refractivity contribution < 1.29 is 22.4 Å². The molecule has 0 aliphatic carbocycles. The highest BCUT2D eigenvalue weighted by atomic mass is 19.4. The summed E-state index contributed by atoms with van der Waals surface area (Å²) in [5.74, 6) is 0.869. The highest BCUT2D eigenvalue weighted by Gasteiger charge is 2.27. The second-order valence-corrected chi connectivity index (χ2v) is 4.79. The molecule has 1 heterocycles. The standard InChI is InChI=1S/C13H22F3N3O2/c1-3-6-17-10(4-2)8-12-18-11(19-21-12)5-7-20-9-13(14,15)16/h10,17H,3-9H2,1-2H3. The van der Waals surface area contributed by atoms with Gasteiger partial charge in [-0.1, -0.05) is 19.0 Å². The first-order chi connectivity index (χ1) is 9.94. The lowest BCUT2D eigenvalue weighted by Crippen LogP contribution is -2.31. The minimum atomic E-state index is -4.30. The zero-order valence-electron chi connectivity index (χ0n) is 12.4. The maximum atomic E-state index is 11.9. The van der Waals surface area contributed by atoms with Gasteiger partial charge in [-0.05, 0) is 19.4 Å². The summed E-state index contributed by atoms with van der Waals surface area (Å²) in [6.45, 7) is 3.74. The number of ether oxygens (including phenoxy) is 1. The average molecular weight is 309 g/mol. The zero-order valence-corrected chi connectivity index (χ0v) is 12.4. The van der Waals surface area contributed by atoms with Gasteiger partial charge in [0.1, 0.15) is 6.61 Å². The predicted molar refractivity (Wildman–Crippen MR) is 71.0 cm³/mol. The molecule has 122 valence electrons. The van der Waals surface area contributed by atoms with Gasteiger partial charge >= 0.3 is 6.18 Å². The molecule has 1 rings (SSSR count). The van der Waals surface area contributed by atoms with Crippen LogP contribution in [0.3, 0.4) is 0 Å². The largest absolute Gasteiger partial charge is 0.411 e. The minimum absolute atomic E-state index is 0.0796. The van der Waals surface area contributed by atoms with Gasteiger partial charge in [0, 0.05) is 18.9 Å². The molecule has 0 saturated carbocycles. The first kappa shape index (κ1) is 17.9. The lowest BCUT2D eigenvalue weighted by atomic mass is 10.1. The summed E-state index contributed by atoms with van der Waals surface area (Å²) in [7, 11) is 0. The third-order valence-electron chi connectivity index (χ3n) is 2.84. The third-order valence-corrected chi connectivity index (χ3v) is 2.84. The van der Waals surface area contributed by atoms with Gasteiger partial charge in [0.2, 0.25) is 5.89 Å². The summed E-state index contributed by atoms with van der Waals surface area (Å²) in [6, 6.07) is 0.264. The van der Waals surface area contributed by atoms with Gasteiger partial charge in [-0.2, -0.15) is 18.2 Å². The second-order valence-electron chi connectivity index (χ2n) is 4.79. The Morgan fingerprint density at radius 2 is 2.10 bits per heavy atom. The fourth-order valence-electron chi connectivity index (χ4n) is 1.75. The van der Waals surface area contributed by atoms with Crippen molar-refractivity contribution in [3.8, 4) is 0 Å². The Bertz CT molecular complexity index is 396. The highest BCUT2D eigenvalue weighted by Crippen LogP contribution is 2.14. The van der Waals surface area contributed by atoms with Crippen LogP contribution in [0.5, 0.6) is 0 Å². The van der Waals surface area contributed by atoms with Crippen LogP contribution in [-0.4, -0.2) is 42.1 Å². The number of alkyl halides is 3. The fourth-order valence-corrected chi connectivity index (χ4v) is 1.75. The van der Waals surface area contributed by atoms with E-state index in [0.717, 1.165) is 19.4 Å². The molecular weight excluding hydrogens is 287 g/mol. The van der Waals surface area contributed by atoms with Crippen LogP contribution in [0.25, 0.3) is 0 Å². The molecule has 5 nitrogen and oxygen atoms in total. The normalized spacial score (nSPS) is 13.6. The Labute approximate surface area is 122 Å². The fraction of sp³-hybridized carbons (Fsp3) is 0.846. The van der Waals surface area contributed by atoms with E-state index in [1.165, 1.54) is 0 Å². The maximum Gasteiger partial charge on any atom is 0.411 e. The van der Waals surface area contributed by atoms with Crippen molar-refractivity contribution in [1.29, 1.82) is 0 Å². The van der Waals surface area contributed by atoms with Gasteiger partial charge in [-0.3, -0.25) is 0 Å². The lowest BCUT2D eigenvalue weighted by molar-refractivity contribution is -0.173. The summed E-state index contributed by atoms with van der Waals surface area (Å²) in [4.78, 5) is 4.16. The summed E-state index contributed by atoms with van der Waals surface area (Å²) < 4.78 is 45.3. The van der Waals surface area contributed by atoms with Gasteiger partial charge in [-0.25, -0.2) is 0 Å². The molecule has 0 amide bonds. The molecule has 1 aromatic heterocycles. The smallest absolute Gasteiger partial charge is 0.372 e. The number of hydrogen-bond donors (Lipinski definition) is 1. The first-order valence-electron chi connectivity index (χ1n) is 7.14. The van der Waals surface area contributed by atoms with Gasteiger partial charge < -0.3 is 14.6 Å². The van der Waals surface area contributed by atoms with Crippen LogP contribution < -0.4 is 5.32 Å². The van der Waals surface area contributed by atoms with Crippen molar-refractivity contribution >= 4 is 0 Å². The molecule has 8 heteroatoms. The summed E-state index contributed by atoms with van der Waals surface area (Å²) >= 11 is 0. The first-order valence-corrected chi connectivity index (χ1v) is 7.14. The van der Waals surface area contributed by atoms with Crippen LogP contribution in [0.1, 0.15) is 38.4 Å². The molecular formula is C13H22F3N3O2. The van der Waals surface area contributed by atoms with Gasteiger partial charge in [0.05, 0.1) is 6.61 Å². The van der Waals surface area contributed by atoms with Gasteiger partial charge in [-0.15, -0.1) is 0 Å². The van der Waals surface area contributed by atoms with E-state index in [9.17, 15) is 13.2 Å². The minimum Gasteiger partial charge on any atom is -0.372 e. The van der Waals surface area contributed by atoms with E-state index in [-0.39, 0.29) is 19.1 Å². The number of nitrogens with one attached hydrogen (secondary N) is 1. The molecule has 0 aromatic carbocycles. The predicted octanol–water partition coefficient (Wildman–Crippen LogP) is 2.51. The van der Waals surface area contributed by atoms with E-state index in [2.05, 4.69) is 34.0 Å². The van der Waals surface area contributed by atoms with Crippen molar-refractivity contribution in [2.45, 2.75) is 51.7 Å². The van der Waals surface area contributed by atoms with E-state index in [0.29, 0.717) is 18.1 Å². The number of hydrogen-bond acceptors (Lipinski definition) is 5. The Kier molecular flexibility index (Phi) is 7.66.